The molecule has 3 aromatic carbocycles. The molecule has 0 radical (unpaired) electrons. The van der Waals surface area contributed by atoms with E-state index in [4.69, 9.17) is 58.3 Å². The second-order valence-electron chi connectivity index (χ2n) is 31.4. The van der Waals surface area contributed by atoms with E-state index in [1.807, 2.05) is 107 Å². The van der Waals surface area contributed by atoms with E-state index >= 15 is 0 Å². The van der Waals surface area contributed by atoms with Gasteiger partial charge in [0.1, 0.15) is 24.1 Å². The van der Waals surface area contributed by atoms with Crippen molar-refractivity contribution in [1.29, 1.82) is 0 Å². The van der Waals surface area contributed by atoms with E-state index in [1.54, 1.807) is 0 Å². The summed E-state index contributed by atoms with van der Waals surface area (Å²) in [5.74, 6) is 5.48. The number of anilines is 6. The second kappa shape index (κ2) is 40.6. The first-order valence-electron chi connectivity index (χ1n) is 39.2. The van der Waals surface area contributed by atoms with Gasteiger partial charge in [-0.1, -0.05) is 29.7 Å². The minimum atomic E-state index is -0.210. The third kappa shape index (κ3) is 23.4. The largest absolute Gasteiger partial charge is 0.377 e. The average molecular weight is 1560 g/mol. The summed E-state index contributed by atoms with van der Waals surface area (Å²) >= 11 is 0. The Hall–Kier alpha value is -8.58. The van der Waals surface area contributed by atoms with Crippen LogP contribution < -0.4 is 51.9 Å². The minimum Gasteiger partial charge on any atom is -0.377 e. The van der Waals surface area contributed by atoms with Crippen LogP contribution in [0.1, 0.15) is 166 Å². The van der Waals surface area contributed by atoms with Gasteiger partial charge in [0.25, 0.3) is 0 Å². The smallest absolute Gasteiger partial charge is 0.319 e. The summed E-state index contributed by atoms with van der Waals surface area (Å²) in [5.41, 5.74) is 11.7. The zero-order chi connectivity index (χ0) is 77.0. The molecule has 113 heavy (non-hydrogen) atoms. The number of aromatic nitrogens is 6. The van der Waals surface area contributed by atoms with Crippen LogP contribution in [0.5, 0.6) is 0 Å². The Balaban J connectivity index is 0.000000199. The first-order chi connectivity index (χ1) is 52.4. The maximum absolute atomic E-state index is 11.9. The first kappa shape index (κ1) is 90.0. The highest BCUT2D eigenvalue weighted by Gasteiger charge is 2.41. The molecule has 0 saturated carbocycles. The van der Waals surface area contributed by atoms with Gasteiger partial charge in [0.15, 0.2) is 23.3 Å². The standard InChI is InChI=1S/2C27H38N6O3.C21H28N6O2.C6H10O2.4CH4/c2*1-5-28-26(34)29-20-8-6-19(7-9-20)24-30-23-15-32(21-14-27(3,4)36-17-21)11-10-22(23)25(31-24)33-12-13-35-16-18(33)2;1-3-23-21(28)24-16-6-4-15(5-7-16)19-25-18-12-22-9-8-17(18)20(26-19)27-10-11-29-13-14(27)2;1-6(2)3-5(7)4-8-6;;;;/h2*6-9,18,21H,5,10-17H2,1-4H3,(H2,28,29,34);4-7,14,22H,3,8-13H2,1-2H3,(H2,23,24,28);3-4H2,1-2H3;4*1H4/t18-,21+;18-,21-;14-;;;;;/m000...../s1. The molecule has 0 aliphatic carbocycles. The average Bonchev–Trinajstić information content (AvgIpc) is 1.52. The topological polar surface area (TPSA) is 301 Å². The Bertz CT molecular complexity index is 3940. The molecule has 0 bridgehead atoms. The van der Waals surface area contributed by atoms with Crippen molar-refractivity contribution in [2.75, 3.05) is 149 Å². The third-order valence-electron chi connectivity index (χ3n) is 21.3. The molecule has 6 aromatic rings. The molecule has 6 fully saturated rings. The zero-order valence-electron chi connectivity index (χ0n) is 65.9. The highest BCUT2D eigenvalue weighted by Crippen LogP contribution is 2.39. The lowest BCUT2D eigenvalue weighted by molar-refractivity contribution is -0.117. The van der Waals surface area contributed by atoms with Gasteiger partial charge < -0.3 is 80.3 Å². The van der Waals surface area contributed by atoms with Gasteiger partial charge in [0.2, 0.25) is 0 Å². The molecule has 9 aliphatic heterocycles. The Labute approximate surface area is 671 Å². The third-order valence-corrected chi connectivity index (χ3v) is 21.3. The van der Waals surface area contributed by atoms with Gasteiger partial charge >= 0.3 is 18.1 Å². The number of carbonyl (C=O) groups excluding carboxylic acids is 4. The van der Waals surface area contributed by atoms with Crippen LogP contribution in [0.3, 0.4) is 0 Å². The number of benzene rings is 3. The lowest BCUT2D eigenvalue weighted by Crippen LogP contribution is -2.46. The lowest BCUT2D eigenvalue weighted by atomic mass is 9.98. The first-order valence-corrected chi connectivity index (χ1v) is 39.2. The zero-order valence-corrected chi connectivity index (χ0v) is 65.9. The number of ketones is 1. The summed E-state index contributed by atoms with van der Waals surface area (Å²) in [6, 6.07) is 24.2. The number of ether oxygens (including phenoxy) is 6. The number of Topliss-reactive ketones (excluding diaryl/α,β-unsaturated/α-hetero) is 1. The number of carbonyl (C=O) groups is 4. The quantitative estimate of drug-likeness (QED) is 0.0533. The highest BCUT2D eigenvalue weighted by atomic mass is 16.5. The maximum atomic E-state index is 11.9. The summed E-state index contributed by atoms with van der Waals surface area (Å²) < 4.78 is 34.2. The molecule has 620 valence electrons. The van der Waals surface area contributed by atoms with Crippen LogP contribution in [0.2, 0.25) is 0 Å². The molecule has 5 atom stereocenters. The number of hydrogen-bond acceptors (Lipinski definition) is 22. The number of urea groups is 3. The molecule has 12 heterocycles. The van der Waals surface area contributed by atoms with Crippen LogP contribution in [0, 0.1) is 0 Å². The Kier molecular flexibility index (Phi) is 32.3. The van der Waals surface area contributed by atoms with Crippen LogP contribution in [-0.2, 0) is 72.1 Å². The van der Waals surface area contributed by atoms with Gasteiger partial charge in [-0.25, -0.2) is 44.3 Å². The molecule has 28 nitrogen and oxygen atoms in total. The number of hydrogen-bond donors (Lipinski definition) is 7. The van der Waals surface area contributed by atoms with Gasteiger partial charge in [-0.3, -0.25) is 14.6 Å². The Morgan fingerprint density at radius 3 is 1.09 bits per heavy atom. The van der Waals surface area contributed by atoms with Gasteiger partial charge in [-0.05, 0) is 195 Å². The fraction of sp³-hybridized carbons (Fsp3) is 0.600. The predicted molar refractivity (Wildman–Crippen MR) is 450 cm³/mol. The summed E-state index contributed by atoms with van der Waals surface area (Å²) in [6.07, 6.45) is 5.45. The molecule has 15 rings (SSSR count). The molecule has 28 heteroatoms. The number of nitrogens with zero attached hydrogens (tertiary/aromatic N) is 11. The second-order valence-corrected chi connectivity index (χ2v) is 31.4. The van der Waals surface area contributed by atoms with Crippen molar-refractivity contribution in [3.63, 3.8) is 0 Å². The summed E-state index contributed by atoms with van der Waals surface area (Å²) in [6.45, 7) is 40.4. The van der Waals surface area contributed by atoms with Crippen molar-refractivity contribution in [1.82, 2.24) is 61.0 Å². The van der Waals surface area contributed by atoms with E-state index in [9.17, 15) is 19.2 Å². The molecule has 0 unspecified atom stereocenters. The van der Waals surface area contributed by atoms with E-state index in [-0.39, 0.29) is 88.5 Å². The molecular weight excluding hydrogens is 1430 g/mol. The number of rotatable bonds is 14. The monoisotopic (exact) mass is 1560 g/mol. The van der Waals surface area contributed by atoms with Crippen LogP contribution in [0.25, 0.3) is 34.2 Å². The SMILES string of the molecule is C.C.C.C.CC1(C)CC(=O)CO1.CCNC(=O)Nc1ccc(-c2nc3c(c(N4CCOC[C@@H]4C)n2)CCN([C@@H]2COC(C)(C)C2)C3)cc1.CCNC(=O)Nc1ccc(-c2nc3c(c(N4CCOC[C@@H]4C)n2)CCN([C@H]2COC(C)(C)C2)C3)cc1.CCNC(=O)Nc1ccc(-c2nc3c(c(N4CCOC[C@@H]4C)n2)CCNC3)cc1. The minimum absolute atomic E-state index is 0. The van der Waals surface area contributed by atoms with E-state index in [1.165, 1.54) is 16.7 Å². The number of nitrogens with one attached hydrogen (secondary N) is 7. The van der Waals surface area contributed by atoms with Crippen LogP contribution in [0.15, 0.2) is 72.8 Å². The molecule has 9 aliphatic rings. The summed E-state index contributed by atoms with van der Waals surface area (Å²) in [5, 5.41) is 20.2. The lowest BCUT2D eigenvalue weighted by Gasteiger charge is -2.38. The van der Waals surface area contributed by atoms with E-state index < -0.39 is 0 Å². The summed E-state index contributed by atoms with van der Waals surface area (Å²) in [4.78, 5) is 88.4. The van der Waals surface area contributed by atoms with Gasteiger partial charge in [0, 0.05) is 141 Å². The number of fused-ring (bicyclic) bond motifs is 3. The molecule has 6 saturated heterocycles. The van der Waals surface area contributed by atoms with Crippen molar-refractivity contribution in [2.45, 2.75) is 218 Å². The predicted octanol–water partition coefficient (Wildman–Crippen LogP) is 12.3. The van der Waals surface area contributed by atoms with Crippen molar-refractivity contribution in [3.05, 3.63) is 107 Å². The Morgan fingerprint density at radius 1 is 0.451 bits per heavy atom. The molecule has 3 aromatic heterocycles. The van der Waals surface area contributed by atoms with Crippen molar-refractivity contribution in [2.24, 2.45) is 0 Å². The fourth-order valence-electron chi connectivity index (χ4n) is 15.5. The van der Waals surface area contributed by atoms with Gasteiger partial charge in [0.05, 0.1) is 105 Å². The normalized spacial score (nSPS) is 21.9. The maximum Gasteiger partial charge on any atom is 0.319 e. The van der Waals surface area contributed by atoms with Crippen molar-refractivity contribution in [3.8, 4) is 34.2 Å². The van der Waals surface area contributed by atoms with Crippen molar-refractivity contribution < 1.29 is 47.6 Å². The molecular formula is C85H130N18O10. The van der Waals surface area contributed by atoms with E-state index in [2.05, 4.69) is 110 Å². The molecule has 7 N–H and O–H groups in total. The number of morpholine rings is 3. The van der Waals surface area contributed by atoms with Crippen LogP contribution in [-0.4, -0.2) is 229 Å². The van der Waals surface area contributed by atoms with Crippen LogP contribution >= 0.6 is 0 Å². The van der Waals surface area contributed by atoms with Gasteiger partial charge in [-0.15, -0.1) is 0 Å². The molecule has 0 spiro atoms. The van der Waals surface area contributed by atoms with E-state index in [0.717, 1.165) is 191 Å². The van der Waals surface area contributed by atoms with Crippen LogP contribution in [0.4, 0.5) is 48.9 Å². The van der Waals surface area contributed by atoms with Crippen molar-refractivity contribution >= 4 is 58.4 Å². The fourth-order valence-corrected chi connectivity index (χ4v) is 15.5. The summed E-state index contributed by atoms with van der Waals surface area (Å²) in [7, 11) is 0. The Morgan fingerprint density at radius 2 is 0.796 bits per heavy atom. The highest BCUT2D eigenvalue weighted by molar-refractivity contribution is 5.91. The molecule has 6 amide bonds. The number of amides is 6. The van der Waals surface area contributed by atoms with E-state index in [0.29, 0.717) is 83.6 Å². The van der Waals surface area contributed by atoms with Gasteiger partial charge in [-0.2, -0.15) is 0 Å².